The van der Waals surface area contributed by atoms with Crippen molar-refractivity contribution in [2.75, 3.05) is 27.2 Å². The van der Waals surface area contributed by atoms with E-state index in [4.69, 9.17) is 0 Å². The number of nitrogens with one attached hydrogen (secondary N) is 1. The van der Waals surface area contributed by atoms with Crippen molar-refractivity contribution in [2.45, 2.75) is 25.3 Å². The highest BCUT2D eigenvalue weighted by Gasteiger charge is 2.30. The van der Waals surface area contributed by atoms with Crippen LogP contribution in [0.3, 0.4) is 0 Å². The third-order valence-corrected chi connectivity index (χ3v) is 7.01. The van der Waals surface area contributed by atoms with Crippen LogP contribution < -0.4 is 5.32 Å². The van der Waals surface area contributed by atoms with E-state index in [1.807, 2.05) is 11.3 Å². The van der Waals surface area contributed by atoms with Crippen LogP contribution in [0.15, 0.2) is 14.3 Å². The van der Waals surface area contributed by atoms with Gasteiger partial charge in [-0.25, -0.2) is 0 Å². The summed E-state index contributed by atoms with van der Waals surface area (Å²) in [6.07, 6.45) is 3.99. The normalized spacial score (nSPS) is 26.2. The molecule has 0 radical (unpaired) electrons. The molecule has 0 amide bonds. The van der Waals surface area contributed by atoms with Gasteiger partial charge in [-0.3, -0.25) is 4.90 Å². The van der Waals surface area contributed by atoms with E-state index in [2.05, 4.69) is 62.2 Å². The SMILES string of the molecule is CNCC1CCCCN(C)C1c1cc(Br)c(Br)s1. The summed E-state index contributed by atoms with van der Waals surface area (Å²) in [6.45, 7) is 2.31. The van der Waals surface area contributed by atoms with Crippen molar-refractivity contribution in [2.24, 2.45) is 5.92 Å². The van der Waals surface area contributed by atoms with Gasteiger partial charge >= 0.3 is 0 Å². The van der Waals surface area contributed by atoms with Crippen LogP contribution in [0.4, 0.5) is 0 Å². The van der Waals surface area contributed by atoms with Crippen LogP contribution in [-0.4, -0.2) is 32.1 Å². The predicted molar refractivity (Wildman–Crippen MR) is 86.4 cm³/mol. The molecule has 0 bridgehead atoms. The van der Waals surface area contributed by atoms with Crippen LogP contribution in [0.1, 0.15) is 30.2 Å². The summed E-state index contributed by atoms with van der Waals surface area (Å²) in [5, 5.41) is 3.36. The minimum absolute atomic E-state index is 0.549. The smallest absolute Gasteiger partial charge is 0.0843 e. The van der Waals surface area contributed by atoms with Crippen molar-refractivity contribution >= 4 is 43.2 Å². The summed E-state index contributed by atoms with van der Waals surface area (Å²) >= 11 is 9.09. The molecule has 1 fully saturated rings. The second kappa shape index (κ2) is 6.84. The lowest BCUT2D eigenvalue weighted by Crippen LogP contribution is -2.33. The molecule has 2 unspecified atom stereocenters. The highest BCUT2D eigenvalue weighted by Crippen LogP contribution is 2.42. The molecule has 0 spiro atoms. The van der Waals surface area contributed by atoms with E-state index in [-0.39, 0.29) is 0 Å². The van der Waals surface area contributed by atoms with E-state index in [0.717, 1.165) is 6.54 Å². The van der Waals surface area contributed by atoms with E-state index < -0.39 is 0 Å². The van der Waals surface area contributed by atoms with Gasteiger partial charge in [0.1, 0.15) is 0 Å². The molecule has 0 aromatic carbocycles. The molecule has 2 rings (SSSR count). The highest BCUT2D eigenvalue weighted by molar-refractivity contribution is 9.13. The van der Waals surface area contributed by atoms with E-state index in [1.165, 1.54) is 38.9 Å². The molecule has 5 heteroatoms. The Morgan fingerprint density at radius 3 is 2.83 bits per heavy atom. The van der Waals surface area contributed by atoms with Gasteiger partial charge in [0, 0.05) is 15.4 Å². The second-order valence-electron chi connectivity index (χ2n) is 5.01. The molecule has 2 heterocycles. The minimum atomic E-state index is 0.549. The molecule has 18 heavy (non-hydrogen) atoms. The topological polar surface area (TPSA) is 15.3 Å². The molecule has 1 aliphatic rings. The molecule has 1 aromatic rings. The van der Waals surface area contributed by atoms with Gasteiger partial charge in [0.25, 0.3) is 0 Å². The summed E-state index contributed by atoms with van der Waals surface area (Å²) in [5.41, 5.74) is 0. The van der Waals surface area contributed by atoms with Gasteiger partial charge < -0.3 is 5.32 Å². The maximum Gasteiger partial charge on any atom is 0.0843 e. The summed E-state index contributed by atoms with van der Waals surface area (Å²) in [7, 11) is 4.32. The third kappa shape index (κ3) is 3.37. The minimum Gasteiger partial charge on any atom is -0.319 e. The Morgan fingerprint density at radius 1 is 1.44 bits per heavy atom. The zero-order valence-electron chi connectivity index (χ0n) is 10.9. The fourth-order valence-corrected chi connectivity index (χ4v) is 5.21. The van der Waals surface area contributed by atoms with Crippen molar-refractivity contribution in [1.82, 2.24) is 10.2 Å². The summed E-state index contributed by atoms with van der Waals surface area (Å²) in [4.78, 5) is 4.00. The van der Waals surface area contributed by atoms with E-state index in [1.54, 1.807) is 0 Å². The number of hydrogen-bond acceptors (Lipinski definition) is 3. The van der Waals surface area contributed by atoms with Crippen molar-refractivity contribution in [3.05, 3.63) is 19.2 Å². The zero-order chi connectivity index (χ0) is 13.1. The number of rotatable bonds is 3. The fraction of sp³-hybridized carbons (Fsp3) is 0.692. The van der Waals surface area contributed by atoms with Gasteiger partial charge in [0.15, 0.2) is 0 Å². The first-order chi connectivity index (χ1) is 8.63. The number of thiophene rings is 1. The van der Waals surface area contributed by atoms with Crippen molar-refractivity contribution in [3.63, 3.8) is 0 Å². The van der Waals surface area contributed by atoms with Gasteiger partial charge in [0.05, 0.1) is 3.79 Å². The molecule has 2 nitrogen and oxygen atoms in total. The molecule has 0 aliphatic carbocycles. The molecule has 102 valence electrons. The summed E-state index contributed by atoms with van der Waals surface area (Å²) < 4.78 is 2.39. The van der Waals surface area contributed by atoms with Gasteiger partial charge in [0.2, 0.25) is 0 Å². The lowest BCUT2D eigenvalue weighted by Gasteiger charge is -2.31. The molecule has 1 aromatic heterocycles. The maximum absolute atomic E-state index is 3.62. The first kappa shape index (κ1) is 15.0. The second-order valence-corrected chi connectivity index (χ2v) is 8.27. The first-order valence-electron chi connectivity index (χ1n) is 6.43. The number of likely N-dealkylation sites (tertiary alicyclic amines) is 1. The van der Waals surface area contributed by atoms with E-state index in [9.17, 15) is 0 Å². The Kier molecular flexibility index (Phi) is 5.69. The average Bonchev–Trinajstić information content (AvgIpc) is 2.55. The lowest BCUT2D eigenvalue weighted by molar-refractivity contribution is 0.194. The molecule has 1 aliphatic heterocycles. The Hall–Kier alpha value is 0.580. The van der Waals surface area contributed by atoms with E-state index in [0.29, 0.717) is 12.0 Å². The van der Waals surface area contributed by atoms with E-state index >= 15 is 0 Å². The number of halogens is 2. The van der Waals surface area contributed by atoms with Crippen LogP contribution in [0, 0.1) is 5.92 Å². The highest BCUT2D eigenvalue weighted by atomic mass is 79.9. The van der Waals surface area contributed by atoms with Gasteiger partial charge in [-0.1, -0.05) is 6.42 Å². The van der Waals surface area contributed by atoms with Gasteiger partial charge in [-0.05, 0) is 83.9 Å². The van der Waals surface area contributed by atoms with Crippen molar-refractivity contribution in [1.29, 1.82) is 0 Å². The van der Waals surface area contributed by atoms with Crippen molar-refractivity contribution < 1.29 is 0 Å². The molecule has 2 atom stereocenters. The quantitative estimate of drug-likeness (QED) is 0.822. The molecular weight excluding hydrogens is 376 g/mol. The zero-order valence-corrected chi connectivity index (χ0v) is 14.9. The molecular formula is C13H20Br2N2S. The summed E-state index contributed by atoms with van der Waals surface area (Å²) in [6, 6.07) is 2.83. The van der Waals surface area contributed by atoms with Gasteiger partial charge in [-0.15, -0.1) is 11.3 Å². The number of hydrogen-bond donors (Lipinski definition) is 1. The monoisotopic (exact) mass is 394 g/mol. The van der Waals surface area contributed by atoms with Crippen LogP contribution in [0.2, 0.25) is 0 Å². The first-order valence-corrected chi connectivity index (χ1v) is 8.83. The summed E-state index contributed by atoms with van der Waals surface area (Å²) in [5.74, 6) is 0.708. The fourth-order valence-electron chi connectivity index (χ4n) is 2.86. The van der Waals surface area contributed by atoms with Crippen LogP contribution >= 0.6 is 43.2 Å². The third-order valence-electron chi connectivity index (χ3n) is 3.68. The average molecular weight is 396 g/mol. The van der Waals surface area contributed by atoms with Crippen LogP contribution in [0.5, 0.6) is 0 Å². The Morgan fingerprint density at radius 2 is 2.22 bits per heavy atom. The molecule has 1 N–H and O–H groups in total. The lowest BCUT2D eigenvalue weighted by atomic mass is 9.93. The standard InChI is InChI=1S/C13H20Br2N2S/c1-16-8-9-5-3-4-6-17(2)12(9)11-7-10(14)13(15)18-11/h7,9,12,16H,3-6,8H2,1-2H3. The van der Waals surface area contributed by atoms with Crippen molar-refractivity contribution in [3.8, 4) is 0 Å². The van der Waals surface area contributed by atoms with Crippen LogP contribution in [0.25, 0.3) is 0 Å². The van der Waals surface area contributed by atoms with Crippen LogP contribution in [-0.2, 0) is 0 Å². The Labute approximate surface area is 130 Å². The molecule has 0 saturated carbocycles. The maximum atomic E-state index is 3.62. The largest absolute Gasteiger partial charge is 0.319 e. The Bertz CT molecular complexity index is 375. The van der Waals surface area contributed by atoms with Gasteiger partial charge in [-0.2, -0.15) is 0 Å². The Balaban J connectivity index is 2.27. The molecule has 1 saturated heterocycles. The predicted octanol–water partition coefficient (Wildman–Crippen LogP) is 4.27. The number of nitrogens with zero attached hydrogens (tertiary/aromatic N) is 1.